The van der Waals surface area contributed by atoms with Crippen LogP contribution in [0.2, 0.25) is 0 Å². The van der Waals surface area contributed by atoms with E-state index in [0.717, 1.165) is 28.4 Å². The van der Waals surface area contributed by atoms with Gasteiger partial charge in [0.05, 0.1) is 16.8 Å². The Kier molecular flexibility index (Phi) is 8.38. The number of carbonyl (C=O) groups excluding carboxylic acids is 2. The van der Waals surface area contributed by atoms with Gasteiger partial charge in [0.15, 0.2) is 0 Å². The first-order chi connectivity index (χ1) is 20.2. The quantitative estimate of drug-likeness (QED) is 0.275. The molecule has 216 valence electrons. The topological polar surface area (TPSA) is 101 Å². The predicted octanol–water partition coefficient (Wildman–Crippen LogP) is 5.78. The maximum absolute atomic E-state index is 13.7. The Labute approximate surface area is 244 Å². The molecule has 1 saturated heterocycles. The fourth-order valence-corrected chi connectivity index (χ4v) is 4.95. The first kappa shape index (κ1) is 28.6. The van der Waals surface area contributed by atoms with Crippen LogP contribution in [-0.4, -0.2) is 55.0 Å². The van der Waals surface area contributed by atoms with Gasteiger partial charge in [0.2, 0.25) is 5.88 Å². The summed E-state index contributed by atoms with van der Waals surface area (Å²) in [5.74, 6) is -0.794. The van der Waals surface area contributed by atoms with Gasteiger partial charge in [-0.25, -0.2) is 9.37 Å². The summed E-state index contributed by atoms with van der Waals surface area (Å²) in [6.07, 6.45) is 3.03. The second kappa shape index (κ2) is 12.3. The van der Waals surface area contributed by atoms with Crippen molar-refractivity contribution >= 4 is 28.9 Å². The number of nitrogens with one attached hydrogen (secondary N) is 1. The normalized spacial score (nSPS) is 13.5. The number of halogens is 1. The minimum absolute atomic E-state index is 0.0100. The molecule has 3 N–H and O–H groups in total. The molecule has 1 fully saturated rings. The van der Waals surface area contributed by atoms with Crippen LogP contribution in [0.5, 0.6) is 5.88 Å². The van der Waals surface area contributed by atoms with Gasteiger partial charge in [-0.3, -0.25) is 9.59 Å². The van der Waals surface area contributed by atoms with E-state index in [1.54, 1.807) is 23.1 Å². The second-order valence-corrected chi connectivity index (χ2v) is 10.7. The molecule has 42 heavy (non-hydrogen) atoms. The molecule has 8 nitrogen and oxygen atoms in total. The molecular formula is C33H34FN5O3. The highest BCUT2D eigenvalue weighted by Crippen LogP contribution is 2.27. The summed E-state index contributed by atoms with van der Waals surface area (Å²) in [7, 11) is 4.02. The molecule has 0 radical (unpaired) electrons. The Morgan fingerprint density at radius 1 is 0.952 bits per heavy atom. The smallest absolute Gasteiger partial charge is 0.257 e. The highest BCUT2D eigenvalue weighted by atomic mass is 19.1. The number of aryl methyl sites for hydroxylation is 1. The summed E-state index contributed by atoms with van der Waals surface area (Å²) in [6.45, 7) is 2.88. The third kappa shape index (κ3) is 6.52. The van der Waals surface area contributed by atoms with Crippen LogP contribution in [0.4, 0.5) is 21.5 Å². The predicted molar refractivity (Wildman–Crippen MR) is 163 cm³/mol. The van der Waals surface area contributed by atoms with Gasteiger partial charge in [-0.2, -0.15) is 0 Å². The standard InChI is InChI=1S/C33H34FN5O3/c1-21-4-12-30(37-32(40)27-19-24(34)8-11-29(27)35)28(18-21)33(41)39-16-14-26(15-17-39)42-31-13-7-23(20-36-31)22-5-9-25(10-6-22)38(2)3/h4-13,18-20,26H,14-17,35H2,1-3H3,(H,37,40). The third-order valence-electron chi connectivity index (χ3n) is 7.38. The zero-order chi connectivity index (χ0) is 29.8. The van der Waals surface area contributed by atoms with Crippen LogP contribution in [0.3, 0.4) is 0 Å². The number of piperidine rings is 1. The van der Waals surface area contributed by atoms with E-state index in [9.17, 15) is 14.0 Å². The minimum atomic E-state index is -0.582. The number of carbonyl (C=O) groups is 2. The highest BCUT2D eigenvalue weighted by molar-refractivity contribution is 6.11. The maximum atomic E-state index is 13.7. The van der Waals surface area contributed by atoms with E-state index >= 15 is 0 Å². The van der Waals surface area contributed by atoms with Crippen LogP contribution in [0, 0.1) is 12.7 Å². The molecule has 9 heteroatoms. The number of pyridine rings is 1. The average Bonchev–Trinajstić information content (AvgIpc) is 2.99. The fraction of sp³-hybridized carbons (Fsp3) is 0.242. The van der Waals surface area contributed by atoms with Crippen molar-refractivity contribution in [2.45, 2.75) is 25.9 Å². The van der Waals surface area contributed by atoms with Crippen LogP contribution in [-0.2, 0) is 0 Å². The summed E-state index contributed by atoms with van der Waals surface area (Å²) >= 11 is 0. The maximum Gasteiger partial charge on any atom is 0.257 e. The number of nitrogen functional groups attached to an aromatic ring is 1. The van der Waals surface area contributed by atoms with Gasteiger partial charge in [-0.1, -0.05) is 23.8 Å². The summed E-state index contributed by atoms with van der Waals surface area (Å²) < 4.78 is 19.9. The molecule has 0 saturated carbocycles. The molecule has 0 spiro atoms. The number of anilines is 3. The summed E-state index contributed by atoms with van der Waals surface area (Å²) in [4.78, 5) is 34.7. The van der Waals surface area contributed by atoms with Crippen LogP contribution in [0.25, 0.3) is 11.1 Å². The number of aromatic nitrogens is 1. The zero-order valence-electron chi connectivity index (χ0n) is 23.9. The number of likely N-dealkylation sites (tertiary alicyclic amines) is 1. The summed E-state index contributed by atoms with van der Waals surface area (Å²) in [5.41, 5.74) is 10.9. The van der Waals surface area contributed by atoms with E-state index in [2.05, 4.69) is 39.5 Å². The molecule has 0 aliphatic carbocycles. The Hall–Kier alpha value is -4.92. The largest absolute Gasteiger partial charge is 0.474 e. The van der Waals surface area contributed by atoms with Crippen LogP contribution in [0.15, 0.2) is 79.0 Å². The number of amides is 2. The van der Waals surface area contributed by atoms with Crippen molar-refractivity contribution in [3.05, 3.63) is 102 Å². The van der Waals surface area contributed by atoms with E-state index in [-0.39, 0.29) is 23.3 Å². The molecule has 1 aliphatic rings. The molecule has 0 atom stereocenters. The van der Waals surface area contributed by atoms with Crippen molar-refractivity contribution in [3.8, 4) is 17.0 Å². The Balaban J connectivity index is 1.20. The average molecular weight is 568 g/mol. The number of rotatable bonds is 7. The van der Waals surface area contributed by atoms with Gasteiger partial charge in [-0.05, 0) is 61.0 Å². The molecule has 3 aromatic carbocycles. The third-order valence-corrected chi connectivity index (χ3v) is 7.38. The van der Waals surface area contributed by atoms with E-state index in [1.807, 2.05) is 39.3 Å². The van der Waals surface area contributed by atoms with E-state index in [1.165, 1.54) is 12.1 Å². The lowest BCUT2D eigenvalue weighted by Gasteiger charge is -2.32. The number of nitrogens with two attached hydrogens (primary N) is 1. The monoisotopic (exact) mass is 567 g/mol. The lowest BCUT2D eigenvalue weighted by molar-refractivity contribution is 0.0589. The van der Waals surface area contributed by atoms with Gasteiger partial charge < -0.3 is 25.6 Å². The first-order valence-electron chi connectivity index (χ1n) is 13.8. The van der Waals surface area contributed by atoms with Crippen molar-refractivity contribution in [3.63, 3.8) is 0 Å². The second-order valence-electron chi connectivity index (χ2n) is 10.7. The summed E-state index contributed by atoms with van der Waals surface area (Å²) in [5, 5.41) is 2.74. The van der Waals surface area contributed by atoms with Gasteiger partial charge in [0.25, 0.3) is 11.8 Å². The number of hydrogen-bond acceptors (Lipinski definition) is 6. The number of nitrogens with zero attached hydrogens (tertiary/aromatic N) is 3. The molecule has 0 unspecified atom stereocenters. The molecule has 2 amide bonds. The van der Waals surface area contributed by atoms with E-state index in [4.69, 9.17) is 10.5 Å². The van der Waals surface area contributed by atoms with Crippen molar-refractivity contribution in [2.75, 3.05) is 43.1 Å². The highest BCUT2D eigenvalue weighted by Gasteiger charge is 2.27. The number of benzene rings is 3. The van der Waals surface area contributed by atoms with Crippen LogP contribution < -0.4 is 20.7 Å². The first-order valence-corrected chi connectivity index (χ1v) is 13.8. The summed E-state index contributed by atoms with van der Waals surface area (Å²) in [6, 6.07) is 21.0. The number of ether oxygens (including phenoxy) is 1. The zero-order valence-corrected chi connectivity index (χ0v) is 23.9. The van der Waals surface area contributed by atoms with Crippen LogP contribution in [0.1, 0.15) is 39.1 Å². The Bertz CT molecular complexity index is 1580. The molecule has 1 aromatic heterocycles. The van der Waals surface area contributed by atoms with Crippen LogP contribution >= 0.6 is 0 Å². The minimum Gasteiger partial charge on any atom is -0.474 e. The van der Waals surface area contributed by atoms with Gasteiger partial charge in [-0.15, -0.1) is 0 Å². The van der Waals surface area contributed by atoms with Gasteiger partial charge in [0, 0.05) is 69.2 Å². The molecule has 0 bridgehead atoms. The van der Waals surface area contributed by atoms with E-state index in [0.29, 0.717) is 43.1 Å². The number of hydrogen-bond donors (Lipinski definition) is 2. The lowest BCUT2D eigenvalue weighted by atomic mass is 10.0. The molecular weight excluding hydrogens is 533 g/mol. The van der Waals surface area contributed by atoms with Crippen molar-refractivity contribution in [1.29, 1.82) is 0 Å². The lowest BCUT2D eigenvalue weighted by Crippen LogP contribution is -2.42. The molecule has 1 aliphatic heterocycles. The van der Waals surface area contributed by atoms with Gasteiger partial charge in [0.1, 0.15) is 11.9 Å². The van der Waals surface area contributed by atoms with Crippen molar-refractivity contribution in [2.24, 2.45) is 0 Å². The van der Waals surface area contributed by atoms with Crippen molar-refractivity contribution < 1.29 is 18.7 Å². The van der Waals surface area contributed by atoms with E-state index < -0.39 is 11.7 Å². The van der Waals surface area contributed by atoms with Gasteiger partial charge >= 0.3 is 0 Å². The Morgan fingerprint density at radius 2 is 1.67 bits per heavy atom. The fourth-order valence-electron chi connectivity index (χ4n) is 4.95. The molecule has 4 aromatic rings. The van der Waals surface area contributed by atoms with Crippen molar-refractivity contribution in [1.82, 2.24) is 9.88 Å². The SMILES string of the molecule is Cc1ccc(NC(=O)c2cc(F)ccc2N)c(C(=O)N2CCC(Oc3ccc(-c4ccc(N(C)C)cc4)cn3)CC2)c1. The molecule has 5 rings (SSSR count). The Morgan fingerprint density at radius 3 is 2.33 bits per heavy atom. The molecule has 2 heterocycles.